The Kier molecular flexibility index (Phi) is 7.57. The van der Waals surface area contributed by atoms with Crippen LogP contribution in [0.25, 0.3) is 22.3 Å². The highest BCUT2D eigenvalue weighted by atomic mass is 35.5. The molecule has 1 saturated heterocycles. The van der Waals surface area contributed by atoms with Crippen molar-refractivity contribution in [1.82, 2.24) is 29.5 Å². The zero-order chi connectivity index (χ0) is 26.6. The molecule has 0 unspecified atom stereocenters. The second-order valence-electron chi connectivity index (χ2n) is 9.58. The molecule has 1 amide bonds. The monoisotopic (exact) mass is 531 g/mol. The van der Waals surface area contributed by atoms with Crippen molar-refractivity contribution in [2.24, 2.45) is 0 Å². The summed E-state index contributed by atoms with van der Waals surface area (Å²) < 4.78 is 7.84. The zero-order valence-corrected chi connectivity index (χ0v) is 22.2. The summed E-state index contributed by atoms with van der Waals surface area (Å²) in [5.74, 6) is 1.77. The van der Waals surface area contributed by atoms with E-state index in [4.69, 9.17) is 27.2 Å². The Balaban J connectivity index is 1.41. The lowest BCUT2D eigenvalue weighted by molar-refractivity contribution is -0.127. The van der Waals surface area contributed by atoms with Gasteiger partial charge in [0.25, 0.3) is 0 Å². The number of carbonyl (C=O) groups is 1. The molecule has 1 aliphatic rings. The third kappa shape index (κ3) is 5.64. The van der Waals surface area contributed by atoms with Crippen molar-refractivity contribution in [2.45, 2.75) is 18.9 Å². The number of ether oxygens (including phenoxy) is 1. The first kappa shape index (κ1) is 25.7. The minimum absolute atomic E-state index is 0.0126. The number of nitrogens with zero attached hydrogens (tertiary/aromatic N) is 6. The summed E-state index contributed by atoms with van der Waals surface area (Å²) in [6.45, 7) is 1.99. The van der Waals surface area contributed by atoms with Gasteiger partial charge in [0.15, 0.2) is 5.65 Å². The maximum atomic E-state index is 12.8. The van der Waals surface area contributed by atoms with E-state index in [2.05, 4.69) is 9.97 Å². The van der Waals surface area contributed by atoms with E-state index in [0.29, 0.717) is 45.6 Å². The summed E-state index contributed by atoms with van der Waals surface area (Å²) in [5, 5.41) is 6.32. The summed E-state index contributed by atoms with van der Waals surface area (Å²) in [6.07, 6.45) is 6.77. The van der Waals surface area contributed by atoms with Crippen LogP contribution in [0.1, 0.15) is 18.9 Å². The quantitative estimate of drug-likeness (QED) is 0.342. The van der Waals surface area contributed by atoms with Crippen LogP contribution in [0.4, 0.5) is 5.82 Å². The summed E-state index contributed by atoms with van der Waals surface area (Å²) in [6, 6.07) is 14.8. The lowest BCUT2D eigenvalue weighted by Gasteiger charge is -2.32. The fourth-order valence-corrected chi connectivity index (χ4v) is 4.72. The van der Waals surface area contributed by atoms with Gasteiger partial charge < -0.3 is 20.3 Å². The predicted molar refractivity (Wildman–Crippen MR) is 149 cm³/mol. The lowest BCUT2D eigenvalue weighted by atomic mass is 10.1. The van der Waals surface area contributed by atoms with Gasteiger partial charge in [-0.05, 0) is 75.5 Å². The predicted octanol–water partition coefficient (Wildman–Crippen LogP) is 4.80. The normalized spacial score (nSPS) is 16.0. The van der Waals surface area contributed by atoms with E-state index in [1.54, 1.807) is 18.2 Å². The van der Waals surface area contributed by atoms with E-state index in [1.165, 1.54) is 6.33 Å². The van der Waals surface area contributed by atoms with Crippen LogP contribution in [0.2, 0.25) is 5.02 Å². The molecule has 2 aromatic heterocycles. The van der Waals surface area contributed by atoms with Crippen molar-refractivity contribution in [2.75, 3.05) is 39.5 Å². The van der Waals surface area contributed by atoms with Crippen LogP contribution in [0.3, 0.4) is 0 Å². The lowest BCUT2D eigenvalue weighted by Crippen LogP contribution is -2.40. The average molecular weight is 532 g/mol. The first-order chi connectivity index (χ1) is 18.4. The molecule has 0 bridgehead atoms. The van der Waals surface area contributed by atoms with E-state index >= 15 is 0 Å². The second kappa shape index (κ2) is 11.2. The van der Waals surface area contributed by atoms with Crippen LogP contribution in [0.15, 0.2) is 67.0 Å². The number of aromatic nitrogens is 4. The molecule has 2 aromatic carbocycles. The number of anilines is 1. The summed E-state index contributed by atoms with van der Waals surface area (Å²) in [7, 11) is 3.94. The van der Waals surface area contributed by atoms with E-state index in [1.807, 2.05) is 71.1 Å². The highest BCUT2D eigenvalue weighted by Crippen LogP contribution is 2.35. The van der Waals surface area contributed by atoms with Gasteiger partial charge in [-0.25, -0.2) is 14.6 Å². The van der Waals surface area contributed by atoms with Gasteiger partial charge in [-0.15, -0.1) is 0 Å². The summed E-state index contributed by atoms with van der Waals surface area (Å²) >= 11 is 5.97. The smallest absolute Gasteiger partial charge is 0.246 e. The molecule has 0 radical (unpaired) electrons. The van der Waals surface area contributed by atoms with Crippen LogP contribution in [0.5, 0.6) is 11.5 Å². The molecular weight excluding hydrogens is 502 g/mol. The number of nitrogen functional groups attached to an aromatic ring is 1. The Labute approximate surface area is 226 Å². The number of fused-ring (bicyclic) bond motifs is 1. The SMILES string of the molecule is CN(C)C/C=C/C(=O)N1CCC[C@@H](n2nc(-c3ccc(Oc4ccc(Cl)cc4)cc3)c3c(N)ncnc32)C1. The van der Waals surface area contributed by atoms with E-state index in [-0.39, 0.29) is 11.9 Å². The molecule has 0 aliphatic carbocycles. The first-order valence-corrected chi connectivity index (χ1v) is 12.9. The molecule has 10 heteroatoms. The fourth-order valence-electron chi connectivity index (χ4n) is 4.60. The molecule has 1 atom stereocenters. The molecule has 1 aliphatic heterocycles. The van der Waals surface area contributed by atoms with Gasteiger partial charge in [0.2, 0.25) is 5.91 Å². The van der Waals surface area contributed by atoms with E-state index in [0.717, 1.165) is 31.5 Å². The van der Waals surface area contributed by atoms with Crippen LogP contribution >= 0.6 is 11.6 Å². The van der Waals surface area contributed by atoms with Crippen molar-refractivity contribution in [1.29, 1.82) is 0 Å². The van der Waals surface area contributed by atoms with Gasteiger partial charge in [0.1, 0.15) is 29.3 Å². The third-order valence-electron chi connectivity index (χ3n) is 6.48. The van der Waals surface area contributed by atoms with E-state index in [9.17, 15) is 4.79 Å². The Morgan fingerprint density at radius 3 is 2.55 bits per heavy atom. The van der Waals surface area contributed by atoms with Gasteiger partial charge in [-0.3, -0.25) is 4.79 Å². The van der Waals surface area contributed by atoms with Crippen LogP contribution in [-0.2, 0) is 4.79 Å². The maximum absolute atomic E-state index is 12.8. The Morgan fingerprint density at radius 2 is 1.84 bits per heavy atom. The number of hydrogen-bond donors (Lipinski definition) is 1. The van der Waals surface area contributed by atoms with Crippen molar-refractivity contribution in [3.8, 4) is 22.8 Å². The van der Waals surface area contributed by atoms with Crippen LogP contribution in [-0.4, -0.2) is 69.2 Å². The minimum Gasteiger partial charge on any atom is -0.457 e. The van der Waals surface area contributed by atoms with Gasteiger partial charge in [-0.2, -0.15) is 5.10 Å². The molecule has 5 rings (SSSR count). The molecule has 0 saturated carbocycles. The largest absolute Gasteiger partial charge is 0.457 e. The topological polar surface area (TPSA) is 102 Å². The molecule has 38 heavy (non-hydrogen) atoms. The van der Waals surface area contributed by atoms with Crippen molar-refractivity contribution in [3.05, 3.63) is 72.0 Å². The second-order valence-corrected chi connectivity index (χ2v) is 10.0. The van der Waals surface area contributed by atoms with Crippen LogP contribution < -0.4 is 10.5 Å². The average Bonchev–Trinajstić information content (AvgIpc) is 3.31. The number of amides is 1. The summed E-state index contributed by atoms with van der Waals surface area (Å²) in [5.41, 5.74) is 8.55. The van der Waals surface area contributed by atoms with Gasteiger partial charge >= 0.3 is 0 Å². The number of likely N-dealkylation sites (tertiary alicyclic amines) is 1. The zero-order valence-electron chi connectivity index (χ0n) is 21.4. The van der Waals surface area contributed by atoms with Gasteiger partial charge in [-0.1, -0.05) is 17.7 Å². The van der Waals surface area contributed by atoms with E-state index < -0.39 is 0 Å². The van der Waals surface area contributed by atoms with Crippen molar-refractivity contribution >= 4 is 34.4 Å². The molecule has 2 N–H and O–H groups in total. The summed E-state index contributed by atoms with van der Waals surface area (Å²) in [4.78, 5) is 25.5. The Morgan fingerprint density at radius 1 is 1.13 bits per heavy atom. The van der Waals surface area contributed by atoms with Crippen LogP contribution in [0, 0.1) is 0 Å². The highest BCUT2D eigenvalue weighted by Gasteiger charge is 2.28. The highest BCUT2D eigenvalue weighted by molar-refractivity contribution is 6.30. The fraction of sp³-hybridized carbons (Fsp3) is 0.286. The number of nitrogens with two attached hydrogens (primary N) is 1. The molecule has 1 fully saturated rings. The molecule has 196 valence electrons. The number of hydrogen-bond acceptors (Lipinski definition) is 7. The van der Waals surface area contributed by atoms with Gasteiger partial charge in [0, 0.05) is 36.3 Å². The Bertz CT molecular complexity index is 1450. The first-order valence-electron chi connectivity index (χ1n) is 12.5. The van der Waals surface area contributed by atoms with Gasteiger partial charge in [0.05, 0.1) is 11.4 Å². The number of rotatable bonds is 7. The standard InChI is InChI=1S/C28H30ClN7O2/c1-34(2)15-4-6-24(37)35-16-3-5-21(17-35)36-28-25(27(30)31-18-32-28)26(33-36)19-7-11-22(12-8-19)38-23-13-9-20(29)10-14-23/h4,6-14,18,21H,3,5,15-17H2,1-2H3,(H2,30,31,32)/b6-4+/t21-/m1/s1. The number of carbonyl (C=O) groups excluding carboxylic acids is 1. The number of halogens is 1. The van der Waals surface area contributed by atoms with Crippen molar-refractivity contribution < 1.29 is 9.53 Å². The number of likely N-dealkylation sites (N-methyl/N-ethyl adjacent to an activating group) is 1. The molecule has 0 spiro atoms. The maximum Gasteiger partial charge on any atom is 0.246 e. The molecule has 3 heterocycles. The number of piperidine rings is 1. The Hall–Kier alpha value is -3.95. The molecule has 4 aromatic rings. The molecular formula is C28H30ClN7O2. The van der Waals surface area contributed by atoms with Crippen molar-refractivity contribution in [3.63, 3.8) is 0 Å². The number of benzene rings is 2. The third-order valence-corrected chi connectivity index (χ3v) is 6.73. The molecule has 9 nitrogen and oxygen atoms in total. The minimum atomic E-state index is -0.0204.